The summed E-state index contributed by atoms with van der Waals surface area (Å²) in [4.78, 5) is 21.2. The van der Waals surface area contributed by atoms with Crippen LogP contribution in [0.3, 0.4) is 0 Å². The lowest BCUT2D eigenvalue weighted by atomic mass is 10.2. The molecule has 156 valence electrons. The normalized spacial score (nSPS) is 14.7. The van der Waals surface area contributed by atoms with Crippen LogP contribution in [0.25, 0.3) is 0 Å². The molecule has 2 heterocycles. The third-order valence-corrected chi connectivity index (χ3v) is 6.90. The molecule has 0 aliphatic carbocycles. The van der Waals surface area contributed by atoms with E-state index < -0.39 is 15.9 Å². The molecule has 10 heteroatoms. The number of hydrogen-bond donors (Lipinski definition) is 1. The van der Waals surface area contributed by atoms with Crippen molar-refractivity contribution >= 4 is 33.4 Å². The van der Waals surface area contributed by atoms with Gasteiger partial charge in [0.05, 0.1) is 6.61 Å². The number of ether oxygens (including phenoxy) is 1. The quantitative estimate of drug-likeness (QED) is 0.526. The second kappa shape index (κ2) is 9.10. The fourth-order valence-electron chi connectivity index (χ4n) is 3.07. The van der Waals surface area contributed by atoms with Crippen LogP contribution in [0.4, 0.5) is 5.69 Å². The van der Waals surface area contributed by atoms with Crippen LogP contribution >= 0.6 is 11.8 Å². The number of thioether (sulfide) groups is 1. The van der Waals surface area contributed by atoms with Gasteiger partial charge in [0.15, 0.2) is 5.16 Å². The Labute approximate surface area is 175 Å². The molecule has 1 aromatic heterocycles. The summed E-state index contributed by atoms with van der Waals surface area (Å²) in [6, 6.07) is 6.22. The molecule has 0 radical (unpaired) electrons. The Morgan fingerprint density at radius 2 is 1.97 bits per heavy atom. The van der Waals surface area contributed by atoms with Gasteiger partial charge in [-0.15, -0.1) is 0 Å². The number of nitrogens with zero attached hydrogens (tertiary/aromatic N) is 3. The van der Waals surface area contributed by atoms with Gasteiger partial charge in [0.1, 0.15) is 16.3 Å². The fourth-order valence-corrected chi connectivity index (χ4v) is 5.17. The van der Waals surface area contributed by atoms with E-state index >= 15 is 0 Å². The van der Waals surface area contributed by atoms with Crippen molar-refractivity contribution in [3.05, 3.63) is 35.7 Å². The first-order valence-electron chi connectivity index (χ1n) is 9.33. The molecule has 1 N–H and O–H groups in total. The highest BCUT2D eigenvalue weighted by Crippen LogP contribution is 2.31. The molecule has 1 aliphatic heterocycles. The van der Waals surface area contributed by atoms with Crippen molar-refractivity contribution in [1.82, 2.24) is 14.3 Å². The van der Waals surface area contributed by atoms with Crippen molar-refractivity contribution in [2.24, 2.45) is 0 Å². The van der Waals surface area contributed by atoms with Crippen molar-refractivity contribution in [3.8, 4) is 5.75 Å². The first-order valence-corrected chi connectivity index (χ1v) is 12.0. The van der Waals surface area contributed by atoms with Crippen LogP contribution in [-0.4, -0.2) is 54.6 Å². The Hall–Kier alpha value is -2.17. The van der Waals surface area contributed by atoms with Gasteiger partial charge in [0.2, 0.25) is 10.0 Å². The maximum absolute atomic E-state index is 13.1. The first-order chi connectivity index (χ1) is 13.8. The highest BCUT2D eigenvalue weighted by molar-refractivity contribution is 7.98. The zero-order valence-corrected chi connectivity index (χ0v) is 18.3. The molecule has 1 aliphatic rings. The van der Waals surface area contributed by atoms with Crippen molar-refractivity contribution in [2.75, 3.05) is 31.3 Å². The number of carbonyl (C=O) groups is 1. The Morgan fingerprint density at radius 3 is 2.62 bits per heavy atom. The van der Waals surface area contributed by atoms with Gasteiger partial charge in [0.25, 0.3) is 5.91 Å². The van der Waals surface area contributed by atoms with E-state index in [0.717, 1.165) is 12.8 Å². The third kappa shape index (κ3) is 4.88. The Balaban J connectivity index is 1.92. The summed E-state index contributed by atoms with van der Waals surface area (Å²) in [7, 11) is -3.70. The van der Waals surface area contributed by atoms with Crippen LogP contribution < -0.4 is 10.1 Å². The zero-order valence-electron chi connectivity index (χ0n) is 16.6. The van der Waals surface area contributed by atoms with E-state index in [9.17, 15) is 13.2 Å². The largest absolute Gasteiger partial charge is 0.492 e. The summed E-state index contributed by atoms with van der Waals surface area (Å²) in [6.07, 6.45) is 3.51. The average molecular weight is 437 g/mol. The second-order valence-corrected chi connectivity index (χ2v) is 9.22. The number of sulfonamides is 1. The topological polar surface area (TPSA) is 101 Å². The third-order valence-electron chi connectivity index (χ3n) is 4.43. The smallest absolute Gasteiger partial charge is 0.274 e. The molecule has 1 aromatic carbocycles. The molecule has 0 saturated carbocycles. The van der Waals surface area contributed by atoms with Gasteiger partial charge in [-0.25, -0.2) is 18.4 Å². The number of aryl methyl sites for hydroxylation is 1. The average Bonchev–Trinajstić information content (AvgIpc) is 3.24. The van der Waals surface area contributed by atoms with Crippen molar-refractivity contribution in [2.45, 2.75) is 36.7 Å². The van der Waals surface area contributed by atoms with Gasteiger partial charge >= 0.3 is 0 Å². The van der Waals surface area contributed by atoms with Crippen LogP contribution in [0.1, 0.15) is 35.9 Å². The molecular weight excluding hydrogens is 412 g/mol. The molecule has 8 nitrogen and oxygen atoms in total. The predicted octanol–water partition coefficient (Wildman–Crippen LogP) is 2.94. The lowest BCUT2D eigenvalue weighted by Gasteiger charge is -2.19. The summed E-state index contributed by atoms with van der Waals surface area (Å²) < 4.78 is 33.1. The highest BCUT2D eigenvalue weighted by Gasteiger charge is 2.30. The molecule has 0 atom stereocenters. The zero-order chi connectivity index (χ0) is 21.0. The summed E-state index contributed by atoms with van der Waals surface area (Å²) in [5.74, 6) is -0.153. The molecular formula is C19H24N4O4S2. The molecule has 0 spiro atoms. The monoisotopic (exact) mass is 436 g/mol. The molecule has 0 unspecified atom stereocenters. The SMILES string of the molecule is CCOc1ccc(NC(=O)c2cc(C)nc(SC)n2)cc1S(=O)(=O)N1CCCC1. The molecule has 3 rings (SSSR count). The minimum Gasteiger partial charge on any atom is -0.492 e. The number of aromatic nitrogens is 2. The van der Waals surface area contributed by atoms with Crippen LogP contribution in [0, 0.1) is 6.92 Å². The van der Waals surface area contributed by atoms with Gasteiger partial charge in [-0.1, -0.05) is 11.8 Å². The number of amides is 1. The van der Waals surface area contributed by atoms with E-state index in [1.807, 2.05) is 6.26 Å². The van der Waals surface area contributed by atoms with E-state index in [1.54, 1.807) is 32.0 Å². The van der Waals surface area contributed by atoms with E-state index in [0.29, 0.717) is 36.2 Å². The maximum atomic E-state index is 13.1. The molecule has 0 bridgehead atoms. The molecule has 1 fully saturated rings. The molecule has 1 saturated heterocycles. The number of nitrogens with one attached hydrogen (secondary N) is 1. The summed E-state index contributed by atoms with van der Waals surface area (Å²) in [6.45, 7) is 4.90. The lowest BCUT2D eigenvalue weighted by molar-refractivity contribution is 0.102. The van der Waals surface area contributed by atoms with E-state index in [2.05, 4.69) is 15.3 Å². The van der Waals surface area contributed by atoms with Gasteiger partial charge < -0.3 is 10.1 Å². The van der Waals surface area contributed by atoms with Crippen LogP contribution in [0.15, 0.2) is 34.3 Å². The van der Waals surface area contributed by atoms with Crippen molar-refractivity contribution in [1.29, 1.82) is 0 Å². The van der Waals surface area contributed by atoms with Crippen LogP contribution in [0.2, 0.25) is 0 Å². The Bertz CT molecular complexity index is 1010. The van der Waals surface area contributed by atoms with Gasteiger partial charge in [-0.3, -0.25) is 4.79 Å². The van der Waals surface area contributed by atoms with Crippen molar-refractivity contribution < 1.29 is 17.9 Å². The molecule has 2 aromatic rings. The van der Waals surface area contributed by atoms with E-state index in [1.165, 1.54) is 22.1 Å². The minimum absolute atomic E-state index is 0.0581. The number of carbonyl (C=O) groups excluding carboxylic acids is 1. The van der Waals surface area contributed by atoms with Gasteiger partial charge in [0, 0.05) is 24.5 Å². The fraction of sp³-hybridized carbons (Fsp3) is 0.421. The lowest BCUT2D eigenvalue weighted by Crippen LogP contribution is -2.28. The molecule has 1 amide bonds. The van der Waals surface area contributed by atoms with E-state index in [-0.39, 0.29) is 16.3 Å². The molecule has 29 heavy (non-hydrogen) atoms. The van der Waals surface area contributed by atoms with E-state index in [4.69, 9.17) is 4.74 Å². The first kappa shape index (κ1) is 21.5. The summed E-state index contributed by atoms with van der Waals surface area (Å²) in [5, 5.41) is 3.23. The minimum atomic E-state index is -3.70. The summed E-state index contributed by atoms with van der Waals surface area (Å²) in [5.41, 5.74) is 1.26. The standard InChI is InChI=1S/C19H24N4O4S2/c1-4-27-16-8-7-14(12-17(16)29(25,26)23-9-5-6-10-23)21-18(24)15-11-13(2)20-19(22-15)28-3/h7-8,11-12H,4-6,9-10H2,1-3H3,(H,21,24). The second-order valence-electron chi connectivity index (χ2n) is 6.54. The number of hydrogen-bond acceptors (Lipinski definition) is 7. The van der Waals surface area contributed by atoms with Crippen molar-refractivity contribution in [3.63, 3.8) is 0 Å². The van der Waals surface area contributed by atoms with Gasteiger partial charge in [-0.2, -0.15) is 4.31 Å². The van der Waals surface area contributed by atoms with Gasteiger partial charge in [-0.05, 0) is 57.2 Å². The summed E-state index contributed by atoms with van der Waals surface area (Å²) >= 11 is 1.34. The maximum Gasteiger partial charge on any atom is 0.274 e. The van der Waals surface area contributed by atoms with Crippen LogP contribution in [-0.2, 0) is 10.0 Å². The Kier molecular flexibility index (Phi) is 6.76. The number of rotatable bonds is 7. The van der Waals surface area contributed by atoms with Crippen LogP contribution in [0.5, 0.6) is 5.75 Å². The predicted molar refractivity (Wildman–Crippen MR) is 112 cm³/mol. The number of benzene rings is 1. The highest BCUT2D eigenvalue weighted by atomic mass is 32.2. The number of anilines is 1. The Morgan fingerprint density at radius 1 is 1.24 bits per heavy atom.